The molecule has 2 aromatic rings. The van der Waals surface area contributed by atoms with Crippen LogP contribution in [0.5, 0.6) is 11.5 Å². The van der Waals surface area contributed by atoms with Crippen molar-refractivity contribution in [1.29, 1.82) is 0 Å². The molecule has 1 heterocycles. The Hall–Kier alpha value is -2.50. The molecule has 0 N–H and O–H groups in total. The van der Waals surface area contributed by atoms with E-state index in [1.54, 1.807) is 30.3 Å². The van der Waals surface area contributed by atoms with Gasteiger partial charge in [-0.2, -0.15) is 4.39 Å². The summed E-state index contributed by atoms with van der Waals surface area (Å²) in [5, 5.41) is 10.7. The fourth-order valence-electron chi connectivity index (χ4n) is 1.24. The molecule has 0 spiro atoms. The molecule has 17 heavy (non-hydrogen) atoms. The van der Waals surface area contributed by atoms with Crippen molar-refractivity contribution in [2.45, 2.75) is 0 Å². The second-order valence-electron chi connectivity index (χ2n) is 3.15. The van der Waals surface area contributed by atoms with Gasteiger partial charge in [0.15, 0.2) is 0 Å². The van der Waals surface area contributed by atoms with Gasteiger partial charge >= 0.3 is 5.69 Å². The first-order valence-electron chi connectivity index (χ1n) is 4.69. The highest BCUT2D eigenvalue weighted by Crippen LogP contribution is 2.30. The predicted octanol–water partition coefficient (Wildman–Crippen LogP) is 2.92. The average Bonchev–Trinajstić information content (AvgIpc) is 2.30. The van der Waals surface area contributed by atoms with Gasteiger partial charge in [-0.25, -0.2) is 4.98 Å². The Morgan fingerprint density at radius 2 is 2.00 bits per heavy atom. The Morgan fingerprint density at radius 3 is 2.65 bits per heavy atom. The van der Waals surface area contributed by atoms with Crippen molar-refractivity contribution < 1.29 is 14.1 Å². The lowest BCUT2D eigenvalue weighted by atomic mass is 10.3. The number of halogens is 1. The lowest BCUT2D eigenvalue weighted by Gasteiger charge is -2.05. The van der Waals surface area contributed by atoms with Crippen LogP contribution in [0, 0.1) is 16.1 Å². The van der Waals surface area contributed by atoms with Gasteiger partial charge in [-0.05, 0) is 12.1 Å². The van der Waals surface area contributed by atoms with E-state index in [1.165, 1.54) is 0 Å². The van der Waals surface area contributed by atoms with E-state index in [0.29, 0.717) is 5.75 Å². The highest BCUT2D eigenvalue weighted by molar-refractivity contribution is 5.46. The molecular weight excluding hydrogens is 227 g/mol. The SMILES string of the molecule is O=[N+]([O-])c1cnc(F)cc1Oc1ccccc1. The summed E-state index contributed by atoms with van der Waals surface area (Å²) in [4.78, 5) is 13.2. The van der Waals surface area contributed by atoms with Crippen molar-refractivity contribution in [1.82, 2.24) is 4.98 Å². The number of rotatable bonds is 3. The van der Waals surface area contributed by atoms with Crippen molar-refractivity contribution in [3.8, 4) is 11.5 Å². The zero-order valence-electron chi connectivity index (χ0n) is 8.54. The molecule has 0 saturated heterocycles. The molecule has 2 rings (SSSR count). The van der Waals surface area contributed by atoms with Crippen LogP contribution in [-0.2, 0) is 0 Å². The fraction of sp³-hybridized carbons (Fsp3) is 0. The zero-order chi connectivity index (χ0) is 12.3. The summed E-state index contributed by atoms with van der Waals surface area (Å²) in [6.07, 6.45) is 0.827. The number of pyridine rings is 1. The van der Waals surface area contributed by atoms with E-state index in [1.807, 2.05) is 0 Å². The fourth-order valence-corrected chi connectivity index (χ4v) is 1.24. The third kappa shape index (κ3) is 2.54. The van der Waals surface area contributed by atoms with E-state index < -0.39 is 10.9 Å². The van der Waals surface area contributed by atoms with Crippen LogP contribution in [0.15, 0.2) is 42.6 Å². The molecule has 1 aromatic heterocycles. The van der Waals surface area contributed by atoms with Crippen LogP contribution in [0.3, 0.4) is 0 Å². The number of hydrogen-bond donors (Lipinski definition) is 0. The summed E-state index contributed by atoms with van der Waals surface area (Å²) in [5.74, 6) is -0.614. The topological polar surface area (TPSA) is 65.3 Å². The monoisotopic (exact) mass is 234 g/mol. The average molecular weight is 234 g/mol. The Balaban J connectivity index is 2.37. The van der Waals surface area contributed by atoms with Gasteiger partial charge in [0, 0.05) is 6.07 Å². The molecule has 0 aliphatic heterocycles. The number of aromatic nitrogens is 1. The number of nitro groups is 1. The third-order valence-electron chi connectivity index (χ3n) is 1.98. The summed E-state index contributed by atoms with van der Waals surface area (Å²) in [7, 11) is 0. The maximum absolute atomic E-state index is 12.9. The quantitative estimate of drug-likeness (QED) is 0.465. The minimum Gasteiger partial charge on any atom is -0.450 e. The Morgan fingerprint density at radius 1 is 1.29 bits per heavy atom. The van der Waals surface area contributed by atoms with E-state index in [0.717, 1.165) is 12.3 Å². The molecule has 5 nitrogen and oxygen atoms in total. The highest BCUT2D eigenvalue weighted by Gasteiger charge is 2.17. The van der Waals surface area contributed by atoms with E-state index in [4.69, 9.17) is 4.74 Å². The Kier molecular flexibility index (Phi) is 2.95. The van der Waals surface area contributed by atoms with Crippen molar-refractivity contribution in [2.75, 3.05) is 0 Å². The molecule has 0 radical (unpaired) electrons. The highest BCUT2D eigenvalue weighted by atomic mass is 19.1. The number of ether oxygens (including phenoxy) is 1. The standard InChI is InChI=1S/C11H7FN2O3/c12-11-6-10(9(7-13-11)14(15)16)17-8-4-2-1-3-5-8/h1-7H. The molecule has 0 bridgehead atoms. The first kappa shape index (κ1) is 11.0. The number of para-hydroxylation sites is 1. The van der Waals surface area contributed by atoms with Crippen LogP contribution < -0.4 is 4.74 Å². The normalized spacial score (nSPS) is 9.94. The number of hydrogen-bond acceptors (Lipinski definition) is 4. The van der Waals surface area contributed by atoms with Crippen LogP contribution in [0.4, 0.5) is 10.1 Å². The summed E-state index contributed by atoms with van der Waals surface area (Å²) >= 11 is 0. The van der Waals surface area contributed by atoms with E-state index in [9.17, 15) is 14.5 Å². The van der Waals surface area contributed by atoms with Crippen LogP contribution in [-0.4, -0.2) is 9.91 Å². The maximum Gasteiger partial charge on any atom is 0.329 e. The van der Waals surface area contributed by atoms with Gasteiger partial charge in [0.2, 0.25) is 11.7 Å². The predicted molar refractivity (Wildman–Crippen MR) is 57.4 cm³/mol. The number of nitrogens with zero attached hydrogens (tertiary/aromatic N) is 2. The van der Waals surface area contributed by atoms with Crippen LogP contribution in [0.2, 0.25) is 0 Å². The minimum absolute atomic E-state index is 0.172. The molecule has 0 saturated carbocycles. The van der Waals surface area contributed by atoms with Crippen molar-refractivity contribution in [3.63, 3.8) is 0 Å². The molecule has 0 fully saturated rings. The van der Waals surface area contributed by atoms with Gasteiger partial charge in [-0.3, -0.25) is 10.1 Å². The van der Waals surface area contributed by atoms with Gasteiger partial charge in [0.25, 0.3) is 0 Å². The summed E-state index contributed by atoms with van der Waals surface area (Å²) in [6, 6.07) is 9.29. The molecule has 0 atom stereocenters. The first-order chi connectivity index (χ1) is 8.16. The van der Waals surface area contributed by atoms with Crippen LogP contribution in [0.25, 0.3) is 0 Å². The molecule has 0 unspecified atom stereocenters. The lowest BCUT2D eigenvalue weighted by Crippen LogP contribution is -1.96. The van der Waals surface area contributed by atoms with Gasteiger partial charge < -0.3 is 4.74 Å². The first-order valence-corrected chi connectivity index (χ1v) is 4.69. The molecule has 86 valence electrons. The van der Waals surface area contributed by atoms with Crippen molar-refractivity contribution in [2.24, 2.45) is 0 Å². The van der Waals surface area contributed by atoms with Crippen LogP contribution in [0.1, 0.15) is 0 Å². The summed E-state index contributed by atoms with van der Waals surface area (Å²) in [6.45, 7) is 0. The zero-order valence-corrected chi connectivity index (χ0v) is 8.54. The molecule has 0 aliphatic rings. The summed E-state index contributed by atoms with van der Waals surface area (Å²) < 4.78 is 18.1. The van der Waals surface area contributed by atoms with Crippen LogP contribution >= 0.6 is 0 Å². The largest absolute Gasteiger partial charge is 0.450 e. The van der Waals surface area contributed by atoms with Crippen molar-refractivity contribution >= 4 is 5.69 Å². The van der Waals surface area contributed by atoms with Gasteiger partial charge in [-0.1, -0.05) is 18.2 Å². The number of benzene rings is 1. The Labute approximate surface area is 95.6 Å². The molecular formula is C11H7FN2O3. The molecule has 0 amide bonds. The van der Waals surface area contributed by atoms with Gasteiger partial charge in [-0.15, -0.1) is 0 Å². The van der Waals surface area contributed by atoms with E-state index in [-0.39, 0.29) is 11.4 Å². The summed E-state index contributed by atoms with van der Waals surface area (Å²) in [5.41, 5.74) is -0.379. The van der Waals surface area contributed by atoms with Gasteiger partial charge in [0.05, 0.1) is 4.92 Å². The van der Waals surface area contributed by atoms with Gasteiger partial charge in [0.1, 0.15) is 11.9 Å². The van der Waals surface area contributed by atoms with E-state index >= 15 is 0 Å². The van der Waals surface area contributed by atoms with E-state index in [2.05, 4.69) is 4.98 Å². The van der Waals surface area contributed by atoms with Crippen molar-refractivity contribution in [3.05, 3.63) is 58.7 Å². The second-order valence-corrected chi connectivity index (χ2v) is 3.15. The Bertz CT molecular complexity index is 546. The molecule has 1 aromatic carbocycles. The second kappa shape index (κ2) is 4.56. The lowest BCUT2D eigenvalue weighted by molar-refractivity contribution is -0.386. The third-order valence-corrected chi connectivity index (χ3v) is 1.98. The molecule has 6 heteroatoms. The minimum atomic E-state index is -0.832. The molecule has 0 aliphatic carbocycles. The maximum atomic E-state index is 12.9. The smallest absolute Gasteiger partial charge is 0.329 e.